The summed E-state index contributed by atoms with van der Waals surface area (Å²) in [7, 11) is 1.35. The van der Waals surface area contributed by atoms with Gasteiger partial charge < -0.3 is 20.9 Å². The second kappa shape index (κ2) is 16.1. The molecule has 0 aliphatic carbocycles. The number of methoxy groups -OCH3 is 1. The van der Waals surface area contributed by atoms with Crippen LogP contribution in [0.5, 0.6) is 0 Å². The summed E-state index contributed by atoms with van der Waals surface area (Å²) in [4.78, 5) is 26.4. The molecule has 0 spiro atoms. The van der Waals surface area contributed by atoms with Crippen molar-refractivity contribution < 1.29 is 23.8 Å². The van der Waals surface area contributed by atoms with Gasteiger partial charge in [0.2, 0.25) is 5.91 Å². The largest absolute Gasteiger partial charge is 0.465 e. The highest BCUT2D eigenvalue weighted by Crippen LogP contribution is 2.42. The molecule has 7 nitrogen and oxygen atoms in total. The van der Waals surface area contributed by atoms with Crippen LogP contribution in [-0.4, -0.2) is 47.3 Å². The lowest BCUT2D eigenvalue weighted by Crippen LogP contribution is -2.50. The fourth-order valence-electron chi connectivity index (χ4n) is 5.54. The van der Waals surface area contributed by atoms with Gasteiger partial charge in [-0.05, 0) is 73.7 Å². The Balaban J connectivity index is 0.000000353. The van der Waals surface area contributed by atoms with Crippen molar-refractivity contribution >= 4 is 46.5 Å². The number of nitrogens with one attached hydrogen (secondary N) is 1. The van der Waals surface area contributed by atoms with E-state index in [1.807, 2.05) is 11.8 Å². The van der Waals surface area contributed by atoms with Crippen LogP contribution in [0.25, 0.3) is 0 Å². The number of benzene rings is 3. The maximum Gasteiger partial charge on any atom is 0.337 e. The van der Waals surface area contributed by atoms with Crippen LogP contribution < -0.4 is 11.1 Å². The molecule has 3 aromatic rings. The Morgan fingerprint density at radius 1 is 1.09 bits per heavy atom. The van der Waals surface area contributed by atoms with Crippen LogP contribution >= 0.6 is 23.2 Å². The van der Waals surface area contributed by atoms with Crippen molar-refractivity contribution in [1.29, 1.82) is 0 Å². The number of ether oxygens (including phenoxy) is 1. The van der Waals surface area contributed by atoms with Gasteiger partial charge in [-0.3, -0.25) is 9.69 Å². The van der Waals surface area contributed by atoms with E-state index in [9.17, 15) is 19.1 Å². The van der Waals surface area contributed by atoms with Crippen LogP contribution in [-0.2, 0) is 9.53 Å². The maximum absolute atomic E-state index is 14.9. The van der Waals surface area contributed by atoms with E-state index >= 15 is 0 Å². The van der Waals surface area contributed by atoms with Gasteiger partial charge in [-0.15, -0.1) is 0 Å². The molecule has 4 rings (SSSR count). The van der Waals surface area contributed by atoms with Crippen LogP contribution in [0.3, 0.4) is 0 Å². The van der Waals surface area contributed by atoms with Gasteiger partial charge in [0.05, 0.1) is 23.7 Å². The zero-order valence-corrected chi connectivity index (χ0v) is 26.5. The average Bonchev–Trinajstić information content (AvgIpc) is 3.32. The number of carbonyl (C=O) groups excluding carboxylic acids is 2. The number of carbonyl (C=O) groups is 2. The summed E-state index contributed by atoms with van der Waals surface area (Å²) in [6.07, 6.45) is 2.95. The molecule has 0 radical (unpaired) electrons. The van der Waals surface area contributed by atoms with Crippen LogP contribution in [0.15, 0.2) is 60.7 Å². The average molecular weight is 633 g/mol. The van der Waals surface area contributed by atoms with E-state index in [0.29, 0.717) is 27.5 Å². The van der Waals surface area contributed by atoms with E-state index in [2.05, 4.69) is 23.9 Å². The number of likely N-dealkylation sites (tertiary alicyclic amines) is 1. The number of nitrogens with two attached hydrogens (primary N) is 1. The lowest BCUT2D eigenvalue weighted by Gasteiger charge is -2.36. The second-order valence-corrected chi connectivity index (χ2v) is 11.5. The van der Waals surface area contributed by atoms with Crippen LogP contribution in [0.1, 0.15) is 73.4 Å². The standard InChI is InChI=1S/C24H29Cl2FN2O2.C9H11NO2/c1-3-7-17(8-4-2)29-21(30)14-19(18-11-6-12-20(26)22(18)27)23(29)24(31)28-16-10-5-9-15(25)13-16;1-6-3-4-7(5-8(6)10)9(11)12-2/h5-6,9-13,17,19,21,23,30H,3-4,7-8,14H2,1-2H3,(H,28,31);3-5H,10H2,1-2H3/t19?,21-,23?;/m0./s1. The van der Waals surface area contributed by atoms with Crippen LogP contribution in [0.4, 0.5) is 15.8 Å². The van der Waals surface area contributed by atoms with Gasteiger partial charge in [0.1, 0.15) is 12.0 Å². The molecule has 1 aliphatic rings. The van der Waals surface area contributed by atoms with Gasteiger partial charge in [0.25, 0.3) is 0 Å². The predicted molar refractivity (Wildman–Crippen MR) is 171 cm³/mol. The predicted octanol–water partition coefficient (Wildman–Crippen LogP) is 7.58. The Hall–Kier alpha value is -3.17. The quantitative estimate of drug-likeness (QED) is 0.166. The summed E-state index contributed by atoms with van der Waals surface area (Å²) < 4.78 is 19.5. The van der Waals surface area contributed by atoms with Gasteiger partial charge >= 0.3 is 5.97 Å². The Morgan fingerprint density at radius 2 is 1.77 bits per heavy atom. The zero-order valence-electron chi connectivity index (χ0n) is 24.9. The van der Waals surface area contributed by atoms with Crippen molar-refractivity contribution in [3.63, 3.8) is 0 Å². The highest BCUT2D eigenvalue weighted by atomic mass is 35.5. The van der Waals surface area contributed by atoms with E-state index in [4.69, 9.17) is 28.9 Å². The molecule has 43 heavy (non-hydrogen) atoms. The topological polar surface area (TPSA) is 105 Å². The SMILES string of the molecule is CCCC(CCC)N1C(C(=O)Nc2cccc(Cl)c2)C(c2cccc(Cl)c2F)C[C@@H]1O.COC(=O)c1ccc(C)c(N)c1. The maximum atomic E-state index is 14.9. The minimum Gasteiger partial charge on any atom is -0.465 e. The first-order valence-corrected chi connectivity index (χ1v) is 15.2. The number of anilines is 2. The third-order valence-corrected chi connectivity index (χ3v) is 8.15. The molecule has 2 unspecified atom stereocenters. The molecule has 1 aliphatic heterocycles. The lowest BCUT2D eigenvalue weighted by atomic mass is 9.89. The molecule has 1 saturated heterocycles. The Morgan fingerprint density at radius 3 is 2.37 bits per heavy atom. The van der Waals surface area contributed by atoms with Crippen molar-refractivity contribution in [2.45, 2.75) is 77.1 Å². The summed E-state index contributed by atoms with van der Waals surface area (Å²) in [5, 5.41) is 14.4. The van der Waals surface area contributed by atoms with Crippen molar-refractivity contribution in [3.8, 4) is 0 Å². The molecular formula is C33H40Cl2FN3O4. The molecule has 3 atom stereocenters. The number of hydrogen-bond donors (Lipinski definition) is 3. The van der Waals surface area contributed by atoms with E-state index in [1.165, 1.54) is 13.2 Å². The number of nitrogen functional groups attached to an aromatic ring is 1. The molecule has 0 saturated carbocycles. The highest BCUT2D eigenvalue weighted by Gasteiger charge is 2.48. The molecule has 0 aromatic heterocycles. The first kappa shape index (κ1) is 34.3. The number of nitrogens with zero attached hydrogens (tertiary/aromatic N) is 1. The first-order valence-electron chi connectivity index (χ1n) is 14.4. The normalized spacial score (nSPS) is 18.2. The fourth-order valence-corrected chi connectivity index (χ4v) is 5.91. The lowest BCUT2D eigenvalue weighted by molar-refractivity contribution is -0.125. The van der Waals surface area contributed by atoms with E-state index < -0.39 is 24.0 Å². The summed E-state index contributed by atoms with van der Waals surface area (Å²) in [5.41, 5.74) is 8.58. The van der Waals surface area contributed by atoms with Gasteiger partial charge in [-0.1, -0.05) is 74.2 Å². The highest BCUT2D eigenvalue weighted by molar-refractivity contribution is 6.31. The minimum absolute atomic E-state index is 0.0121. The molecular weight excluding hydrogens is 592 g/mol. The molecule has 1 heterocycles. The summed E-state index contributed by atoms with van der Waals surface area (Å²) >= 11 is 12.1. The van der Waals surface area contributed by atoms with Crippen molar-refractivity contribution in [2.24, 2.45) is 0 Å². The molecule has 3 aromatic carbocycles. The molecule has 1 fully saturated rings. The Kier molecular flexibility index (Phi) is 12.8. The smallest absolute Gasteiger partial charge is 0.337 e. The minimum atomic E-state index is -0.846. The number of halogens is 3. The number of aliphatic hydroxyl groups is 1. The molecule has 0 bridgehead atoms. The van der Waals surface area contributed by atoms with Crippen LogP contribution in [0, 0.1) is 12.7 Å². The van der Waals surface area contributed by atoms with Crippen LogP contribution in [0.2, 0.25) is 10.0 Å². The number of amides is 1. The third-order valence-electron chi connectivity index (χ3n) is 7.62. The molecule has 1 amide bonds. The van der Waals surface area contributed by atoms with Gasteiger partial charge in [-0.25, -0.2) is 9.18 Å². The van der Waals surface area contributed by atoms with Gasteiger partial charge in [0, 0.05) is 28.4 Å². The van der Waals surface area contributed by atoms with E-state index in [-0.39, 0.29) is 29.4 Å². The number of hydrogen-bond acceptors (Lipinski definition) is 6. The summed E-state index contributed by atoms with van der Waals surface area (Å²) in [6, 6.07) is 16.1. The Labute approximate surface area is 263 Å². The fraction of sp³-hybridized carbons (Fsp3) is 0.394. The number of esters is 1. The van der Waals surface area contributed by atoms with Crippen molar-refractivity contribution in [1.82, 2.24) is 4.90 Å². The van der Waals surface area contributed by atoms with Crippen molar-refractivity contribution in [3.05, 3.63) is 93.2 Å². The van der Waals surface area contributed by atoms with Gasteiger partial charge in [-0.2, -0.15) is 0 Å². The Bertz CT molecular complexity index is 1400. The summed E-state index contributed by atoms with van der Waals surface area (Å²) in [5.74, 6) is -1.71. The molecule has 10 heteroatoms. The molecule has 232 valence electrons. The van der Waals surface area contributed by atoms with E-state index in [0.717, 1.165) is 31.2 Å². The van der Waals surface area contributed by atoms with Crippen molar-refractivity contribution in [2.75, 3.05) is 18.2 Å². The third kappa shape index (κ3) is 8.70. The number of aryl methyl sites for hydroxylation is 1. The zero-order chi connectivity index (χ0) is 31.7. The second-order valence-electron chi connectivity index (χ2n) is 10.7. The number of aliphatic hydroxyl groups excluding tert-OH is 1. The first-order chi connectivity index (χ1) is 20.5. The van der Waals surface area contributed by atoms with E-state index in [1.54, 1.807) is 54.6 Å². The number of rotatable bonds is 9. The molecule has 4 N–H and O–H groups in total. The van der Waals surface area contributed by atoms with Gasteiger partial charge in [0.15, 0.2) is 0 Å². The summed E-state index contributed by atoms with van der Waals surface area (Å²) in [6.45, 7) is 6.05. The monoisotopic (exact) mass is 631 g/mol.